The Morgan fingerprint density at radius 1 is 1.32 bits per heavy atom. The maximum Gasteiger partial charge on any atom is 0.325 e. The molecule has 0 bridgehead atoms. The van der Waals surface area contributed by atoms with Crippen molar-refractivity contribution in [3.63, 3.8) is 0 Å². The van der Waals surface area contributed by atoms with Crippen LogP contribution in [0.15, 0.2) is 24.3 Å². The van der Waals surface area contributed by atoms with Crippen molar-refractivity contribution >= 4 is 11.9 Å². The van der Waals surface area contributed by atoms with E-state index >= 15 is 0 Å². The van der Waals surface area contributed by atoms with Crippen LogP contribution in [-0.2, 0) is 14.3 Å². The van der Waals surface area contributed by atoms with E-state index in [-0.39, 0.29) is 19.0 Å². The number of esters is 1. The van der Waals surface area contributed by atoms with Crippen molar-refractivity contribution in [1.82, 2.24) is 5.32 Å². The highest BCUT2D eigenvalue weighted by atomic mass is 19.1. The molecule has 6 heteroatoms. The topological polar surface area (TPSA) is 64.6 Å². The second kappa shape index (κ2) is 7.35. The molecule has 0 aliphatic rings. The van der Waals surface area contributed by atoms with Crippen LogP contribution in [0.3, 0.4) is 0 Å². The van der Waals surface area contributed by atoms with Crippen LogP contribution in [-0.4, -0.2) is 31.1 Å². The van der Waals surface area contributed by atoms with Gasteiger partial charge in [0, 0.05) is 0 Å². The summed E-state index contributed by atoms with van der Waals surface area (Å²) in [6.07, 6.45) is -0.792. The number of ether oxygens (including phenoxy) is 2. The Morgan fingerprint density at radius 3 is 2.53 bits per heavy atom. The first-order valence-electron chi connectivity index (χ1n) is 5.88. The lowest BCUT2D eigenvalue weighted by Gasteiger charge is -2.14. The molecule has 1 unspecified atom stereocenters. The molecule has 0 aliphatic carbocycles. The summed E-state index contributed by atoms with van der Waals surface area (Å²) < 4.78 is 22.6. The van der Waals surface area contributed by atoms with Crippen LogP contribution in [0.1, 0.15) is 13.8 Å². The van der Waals surface area contributed by atoms with Crippen LogP contribution >= 0.6 is 0 Å². The minimum atomic E-state index is -0.792. The third-order valence-corrected chi connectivity index (χ3v) is 2.21. The van der Waals surface area contributed by atoms with Crippen molar-refractivity contribution in [2.75, 3.05) is 13.2 Å². The van der Waals surface area contributed by atoms with Crippen molar-refractivity contribution in [1.29, 1.82) is 0 Å². The Balaban J connectivity index is 2.40. The van der Waals surface area contributed by atoms with Gasteiger partial charge in [0.2, 0.25) is 0 Å². The number of carbonyl (C=O) groups is 2. The van der Waals surface area contributed by atoms with Crippen LogP contribution < -0.4 is 10.1 Å². The highest BCUT2D eigenvalue weighted by Crippen LogP contribution is 2.12. The van der Waals surface area contributed by atoms with Gasteiger partial charge in [-0.2, -0.15) is 0 Å². The van der Waals surface area contributed by atoms with Crippen LogP contribution in [0, 0.1) is 5.82 Å². The first kappa shape index (κ1) is 14.9. The van der Waals surface area contributed by atoms with Gasteiger partial charge >= 0.3 is 5.97 Å². The number of amides is 1. The molecule has 1 rings (SSSR count). The summed E-state index contributed by atoms with van der Waals surface area (Å²) in [5, 5.41) is 2.39. The Kier molecular flexibility index (Phi) is 5.78. The lowest BCUT2D eigenvalue weighted by Crippen LogP contribution is -2.39. The van der Waals surface area contributed by atoms with Crippen molar-refractivity contribution in [2.24, 2.45) is 0 Å². The largest absolute Gasteiger partial charge is 0.481 e. The second-order valence-electron chi connectivity index (χ2n) is 3.74. The van der Waals surface area contributed by atoms with Crippen LogP contribution in [0.2, 0.25) is 0 Å². The zero-order valence-electron chi connectivity index (χ0n) is 10.8. The molecule has 0 saturated carbocycles. The highest BCUT2D eigenvalue weighted by molar-refractivity contribution is 5.84. The third-order valence-electron chi connectivity index (χ3n) is 2.21. The van der Waals surface area contributed by atoms with Gasteiger partial charge in [-0.25, -0.2) is 4.39 Å². The van der Waals surface area contributed by atoms with Gasteiger partial charge in [0.15, 0.2) is 6.10 Å². The molecule has 0 aliphatic heterocycles. The predicted molar refractivity (Wildman–Crippen MR) is 66.1 cm³/mol. The minimum absolute atomic E-state index is 0.205. The number of benzene rings is 1. The summed E-state index contributed by atoms with van der Waals surface area (Å²) in [6.45, 7) is 3.27. The van der Waals surface area contributed by atoms with E-state index in [1.165, 1.54) is 31.2 Å². The molecule has 0 spiro atoms. The summed E-state index contributed by atoms with van der Waals surface area (Å²) in [5.74, 6) is -0.964. The number of rotatable bonds is 6. The second-order valence-corrected chi connectivity index (χ2v) is 3.74. The molecule has 0 heterocycles. The van der Waals surface area contributed by atoms with E-state index in [4.69, 9.17) is 4.74 Å². The molecular weight excluding hydrogens is 253 g/mol. The fraction of sp³-hybridized carbons (Fsp3) is 0.385. The summed E-state index contributed by atoms with van der Waals surface area (Å²) in [6, 6.07) is 5.31. The third kappa shape index (κ3) is 5.37. The van der Waals surface area contributed by atoms with E-state index < -0.39 is 18.0 Å². The SMILES string of the molecule is CCOC(=O)CNC(=O)C(C)Oc1ccc(F)cc1. The lowest BCUT2D eigenvalue weighted by atomic mass is 10.3. The van der Waals surface area contributed by atoms with Gasteiger partial charge in [0.25, 0.3) is 5.91 Å². The monoisotopic (exact) mass is 269 g/mol. The van der Waals surface area contributed by atoms with E-state index in [9.17, 15) is 14.0 Å². The number of hydrogen-bond acceptors (Lipinski definition) is 4. The minimum Gasteiger partial charge on any atom is -0.481 e. The van der Waals surface area contributed by atoms with E-state index in [0.29, 0.717) is 5.75 Å². The molecule has 1 atom stereocenters. The van der Waals surface area contributed by atoms with Gasteiger partial charge in [-0.1, -0.05) is 0 Å². The summed E-state index contributed by atoms with van der Waals surface area (Å²) >= 11 is 0. The molecule has 1 amide bonds. The van der Waals surface area contributed by atoms with Crippen molar-refractivity contribution in [2.45, 2.75) is 20.0 Å². The summed E-state index contributed by atoms with van der Waals surface area (Å²) in [7, 11) is 0. The molecule has 0 fully saturated rings. The molecule has 1 aromatic rings. The van der Waals surface area contributed by atoms with Gasteiger partial charge in [0.05, 0.1) is 6.61 Å². The van der Waals surface area contributed by atoms with E-state index in [1.54, 1.807) is 6.92 Å². The zero-order valence-corrected chi connectivity index (χ0v) is 10.8. The molecule has 0 radical (unpaired) electrons. The molecule has 0 aromatic heterocycles. The van der Waals surface area contributed by atoms with Crippen LogP contribution in [0.4, 0.5) is 4.39 Å². The average Bonchev–Trinajstić information content (AvgIpc) is 2.39. The molecule has 1 N–H and O–H groups in total. The maximum absolute atomic E-state index is 12.7. The number of halogens is 1. The molecule has 1 aromatic carbocycles. The molecule has 0 saturated heterocycles. The van der Waals surface area contributed by atoms with E-state index in [1.807, 2.05) is 0 Å². The van der Waals surface area contributed by atoms with Gasteiger partial charge < -0.3 is 14.8 Å². The Bertz CT molecular complexity index is 433. The van der Waals surface area contributed by atoms with Crippen LogP contribution in [0.5, 0.6) is 5.75 Å². The number of carbonyl (C=O) groups excluding carboxylic acids is 2. The van der Waals surface area contributed by atoms with Crippen molar-refractivity contribution in [3.8, 4) is 5.75 Å². The predicted octanol–water partition coefficient (Wildman–Crippen LogP) is 1.27. The van der Waals surface area contributed by atoms with Crippen molar-refractivity contribution < 1.29 is 23.5 Å². The van der Waals surface area contributed by atoms with Gasteiger partial charge in [-0.3, -0.25) is 9.59 Å². The fourth-order valence-electron chi connectivity index (χ4n) is 1.29. The summed E-state index contributed by atoms with van der Waals surface area (Å²) in [5.41, 5.74) is 0. The molecule has 5 nitrogen and oxygen atoms in total. The smallest absolute Gasteiger partial charge is 0.325 e. The van der Waals surface area contributed by atoms with E-state index in [2.05, 4.69) is 10.1 Å². The summed E-state index contributed by atoms with van der Waals surface area (Å²) in [4.78, 5) is 22.7. The molecular formula is C13H16FNO4. The molecule has 104 valence electrons. The quantitative estimate of drug-likeness (QED) is 0.790. The van der Waals surface area contributed by atoms with Crippen molar-refractivity contribution in [3.05, 3.63) is 30.1 Å². The van der Waals surface area contributed by atoms with Crippen LogP contribution in [0.25, 0.3) is 0 Å². The highest BCUT2D eigenvalue weighted by Gasteiger charge is 2.15. The van der Waals surface area contributed by atoms with Gasteiger partial charge in [-0.15, -0.1) is 0 Å². The average molecular weight is 269 g/mol. The number of hydrogen-bond donors (Lipinski definition) is 1. The number of nitrogens with one attached hydrogen (secondary N) is 1. The van der Waals surface area contributed by atoms with Gasteiger partial charge in [0.1, 0.15) is 18.1 Å². The molecule has 19 heavy (non-hydrogen) atoms. The standard InChI is InChI=1S/C13H16FNO4/c1-3-18-12(16)8-15-13(17)9(2)19-11-6-4-10(14)5-7-11/h4-7,9H,3,8H2,1-2H3,(H,15,17). The Labute approximate surface area is 110 Å². The normalized spacial score (nSPS) is 11.5. The van der Waals surface area contributed by atoms with Gasteiger partial charge in [-0.05, 0) is 38.1 Å². The zero-order chi connectivity index (χ0) is 14.3. The first-order chi connectivity index (χ1) is 9.02. The Morgan fingerprint density at radius 2 is 1.95 bits per heavy atom. The lowest BCUT2D eigenvalue weighted by molar-refractivity contribution is -0.144. The maximum atomic E-state index is 12.7. The van der Waals surface area contributed by atoms with E-state index in [0.717, 1.165) is 0 Å². The first-order valence-corrected chi connectivity index (χ1v) is 5.88. The fourth-order valence-corrected chi connectivity index (χ4v) is 1.29. The Hall–Kier alpha value is -2.11.